The number of carbonyl (C=O) groups is 1. The van der Waals surface area contributed by atoms with E-state index in [1.807, 2.05) is 25.1 Å². The minimum atomic E-state index is -3.43. The number of piperazine rings is 1. The molecule has 0 radical (unpaired) electrons. The normalized spacial score (nSPS) is 16.1. The van der Waals surface area contributed by atoms with Gasteiger partial charge in [0.2, 0.25) is 5.91 Å². The van der Waals surface area contributed by atoms with Crippen molar-refractivity contribution in [1.82, 2.24) is 20.0 Å². The van der Waals surface area contributed by atoms with Crippen LogP contribution < -0.4 is 10.2 Å². The van der Waals surface area contributed by atoms with E-state index in [1.54, 1.807) is 53.2 Å². The molecule has 0 spiro atoms. The number of guanidine groups is 1. The highest BCUT2D eigenvalue weighted by atomic mass is 127. The van der Waals surface area contributed by atoms with Crippen molar-refractivity contribution >= 4 is 51.4 Å². The molecule has 0 aliphatic carbocycles. The Balaban J connectivity index is 0.00000341. The molecule has 0 saturated carbocycles. The van der Waals surface area contributed by atoms with Crippen LogP contribution >= 0.6 is 24.0 Å². The molecule has 1 aromatic heterocycles. The summed E-state index contributed by atoms with van der Waals surface area (Å²) in [7, 11) is 0.0176. The number of halogens is 1. The zero-order chi connectivity index (χ0) is 21.7. The number of aliphatic imine (C=N–C) groups is 1. The molecule has 1 atom stereocenters. The zero-order valence-corrected chi connectivity index (χ0v) is 21.1. The molecule has 1 aliphatic heterocycles. The second-order valence-electron chi connectivity index (χ2n) is 7.23. The minimum Gasteiger partial charge on any atom is -0.352 e. The number of hydrogen-bond donors (Lipinski definition) is 1. The number of nitrogens with one attached hydrogen (secondary N) is 1. The largest absolute Gasteiger partial charge is 0.352 e. The van der Waals surface area contributed by atoms with Gasteiger partial charge in [-0.1, -0.05) is 25.1 Å². The van der Waals surface area contributed by atoms with Crippen LogP contribution in [-0.2, 0) is 21.7 Å². The Labute approximate surface area is 200 Å². The Kier molecular flexibility index (Phi) is 8.86. The van der Waals surface area contributed by atoms with E-state index in [0.717, 1.165) is 5.69 Å². The second-order valence-corrected chi connectivity index (χ2v) is 9.26. The van der Waals surface area contributed by atoms with Crippen LogP contribution in [0.1, 0.15) is 13.3 Å². The molecule has 0 bridgehead atoms. The summed E-state index contributed by atoms with van der Waals surface area (Å²) in [5, 5.41) is 7.36. The highest BCUT2D eigenvalue weighted by Crippen LogP contribution is 2.17. The number of benzene rings is 1. The Hall–Kier alpha value is -2.15. The maximum atomic E-state index is 12.7. The lowest BCUT2D eigenvalue weighted by molar-refractivity contribution is -0.120. The van der Waals surface area contributed by atoms with E-state index in [-0.39, 0.29) is 48.2 Å². The lowest BCUT2D eigenvalue weighted by Gasteiger charge is -2.36. The van der Waals surface area contributed by atoms with Crippen molar-refractivity contribution in [2.75, 3.05) is 37.3 Å². The first-order valence-corrected chi connectivity index (χ1v) is 11.5. The Morgan fingerprint density at radius 1 is 1.26 bits per heavy atom. The van der Waals surface area contributed by atoms with Gasteiger partial charge in [0, 0.05) is 39.4 Å². The van der Waals surface area contributed by atoms with Gasteiger partial charge in [0.25, 0.3) is 0 Å². The van der Waals surface area contributed by atoms with Crippen LogP contribution in [0.2, 0.25) is 0 Å². The van der Waals surface area contributed by atoms with E-state index >= 15 is 0 Å². The van der Waals surface area contributed by atoms with E-state index in [9.17, 15) is 13.2 Å². The third-order valence-electron chi connectivity index (χ3n) is 5.08. The quantitative estimate of drug-likeness (QED) is 0.327. The van der Waals surface area contributed by atoms with Gasteiger partial charge in [-0.2, -0.15) is 5.10 Å². The van der Waals surface area contributed by atoms with E-state index in [1.165, 1.54) is 0 Å². The average molecular weight is 560 g/mol. The molecule has 31 heavy (non-hydrogen) atoms. The van der Waals surface area contributed by atoms with E-state index in [4.69, 9.17) is 0 Å². The summed E-state index contributed by atoms with van der Waals surface area (Å²) in [6, 6.07) is 8.11. The van der Waals surface area contributed by atoms with Crippen LogP contribution in [0.15, 0.2) is 52.6 Å². The Morgan fingerprint density at radius 2 is 1.97 bits per heavy atom. The number of sulfone groups is 1. The van der Waals surface area contributed by atoms with Gasteiger partial charge in [-0.05, 0) is 18.6 Å². The molecule has 9 nitrogen and oxygen atoms in total. The maximum absolute atomic E-state index is 12.7. The molecule has 1 unspecified atom stereocenters. The molecule has 170 valence electrons. The number of aryl methyl sites for hydroxylation is 1. The van der Waals surface area contributed by atoms with Crippen molar-refractivity contribution in [2.45, 2.75) is 24.3 Å². The van der Waals surface area contributed by atoms with E-state index in [0.29, 0.717) is 30.4 Å². The summed E-state index contributed by atoms with van der Waals surface area (Å²) in [6.07, 6.45) is 4.08. The molecule has 1 N–H and O–H groups in total. The number of hydrogen-bond acceptors (Lipinski definition) is 5. The zero-order valence-electron chi connectivity index (χ0n) is 17.9. The van der Waals surface area contributed by atoms with Crippen molar-refractivity contribution in [1.29, 1.82) is 0 Å². The molecule has 11 heteroatoms. The number of rotatable bonds is 6. The number of amides is 1. The fourth-order valence-electron chi connectivity index (χ4n) is 3.40. The fraction of sp³-hybridized carbons (Fsp3) is 0.450. The topological polar surface area (TPSA) is 99.9 Å². The molecule has 1 aliphatic rings. The number of anilines is 1. The molecule has 3 rings (SSSR count). The monoisotopic (exact) mass is 560 g/mol. The predicted octanol–water partition coefficient (Wildman–Crippen LogP) is 1.51. The number of aromatic nitrogens is 2. The van der Waals surface area contributed by atoms with Crippen molar-refractivity contribution < 1.29 is 13.2 Å². The molecule has 2 aromatic rings. The summed E-state index contributed by atoms with van der Waals surface area (Å²) in [4.78, 5) is 20.8. The van der Waals surface area contributed by atoms with Gasteiger partial charge in [-0.3, -0.25) is 14.5 Å². The Morgan fingerprint density at radius 3 is 2.52 bits per heavy atom. The highest BCUT2D eigenvalue weighted by Gasteiger charge is 2.29. The third kappa shape index (κ3) is 6.19. The molecular formula is C20H29IN6O3S. The van der Waals surface area contributed by atoms with Crippen LogP contribution in [0.4, 0.5) is 5.69 Å². The van der Waals surface area contributed by atoms with Crippen LogP contribution in [0, 0.1) is 0 Å². The van der Waals surface area contributed by atoms with Crippen LogP contribution in [-0.4, -0.2) is 73.4 Å². The summed E-state index contributed by atoms with van der Waals surface area (Å²) in [6.45, 7) is 3.18. The van der Waals surface area contributed by atoms with Gasteiger partial charge in [0.05, 0.1) is 22.5 Å². The third-order valence-corrected chi connectivity index (χ3v) is 6.92. The standard InChI is InChI=1S/C20H28N6O3S.HI/c1-4-16(15-30(28,29)18-8-6-5-7-9-18)23-20(21-2)25-10-11-26(19(27)14-25)17-12-22-24(3)13-17;/h5-9,12-13,16H,4,10-11,14-15H2,1-3H3,(H,21,23);1H. The summed E-state index contributed by atoms with van der Waals surface area (Å²) in [5.41, 5.74) is 0.769. The fourth-order valence-corrected chi connectivity index (χ4v) is 5.02. The van der Waals surface area contributed by atoms with Gasteiger partial charge in [-0.25, -0.2) is 8.42 Å². The van der Waals surface area contributed by atoms with Gasteiger partial charge in [-0.15, -0.1) is 24.0 Å². The minimum absolute atomic E-state index is 0. The molecule has 1 aromatic carbocycles. The van der Waals surface area contributed by atoms with Crippen LogP contribution in [0.25, 0.3) is 0 Å². The van der Waals surface area contributed by atoms with Crippen LogP contribution in [0.5, 0.6) is 0 Å². The van der Waals surface area contributed by atoms with Gasteiger partial charge in [0.15, 0.2) is 15.8 Å². The lowest BCUT2D eigenvalue weighted by atomic mass is 10.2. The molecular weight excluding hydrogens is 531 g/mol. The second kappa shape index (κ2) is 10.9. The van der Waals surface area contributed by atoms with E-state index < -0.39 is 9.84 Å². The summed E-state index contributed by atoms with van der Waals surface area (Å²) in [5.74, 6) is 0.433. The summed E-state index contributed by atoms with van der Waals surface area (Å²) >= 11 is 0. The van der Waals surface area contributed by atoms with Gasteiger partial charge >= 0.3 is 0 Å². The maximum Gasteiger partial charge on any atom is 0.246 e. The SMILES string of the molecule is CCC(CS(=O)(=O)c1ccccc1)NC(=NC)N1CCN(c2cnn(C)c2)C(=O)C1.I. The first-order valence-electron chi connectivity index (χ1n) is 9.89. The lowest BCUT2D eigenvalue weighted by Crippen LogP contribution is -2.57. The Bertz CT molecular complexity index is 1010. The molecule has 1 amide bonds. The number of nitrogens with zero attached hydrogens (tertiary/aromatic N) is 5. The average Bonchev–Trinajstić information content (AvgIpc) is 3.17. The molecule has 1 fully saturated rings. The van der Waals surface area contributed by atoms with Crippen molar-refractivity contribution in [2.24, 2.45) is 12.0 Å². The van der Waals surface area contributed by atoms with Gasteiger partial charge in [0.1, 0.15) is 6.54 Å². The predicted molar refractivity (Wildman–Crippen MR) is 132 cm³/mol. The van der Waals surface area contributed by atoms with Crippen molar-refractivity contribution in [3.63, 3.8) is 0 Å². The smallest absolute Gasteiger partial charge is 0.246 e. The van der Waals surface area contributed by atoms with Gasteiger partial charge < -0.3 is 15.1 Å². The molecule has 2 heterocycles. The van der Waals surface area contributed by atoms with Crippen molar-refractivity contribution in [3.8, 4) is 0 Å². The summed E-state index contributed by atoms with van der Waals surface area (Å²) < 4.78 is 27.1. The number of carbonyl (C=O) groups excluding carboxylic acids is 1. The van der Waals surface area contributed by atoms with Crippen molar-refractivity contribution in [3.05, 3.63) is 42.7 Å². The van der Waals surface area contributed by atoms with Crippen LogP contribution in [0.3, 0.4) is 0 Å². The first-order chi connectivity index (χ1) is 14.3. The van der Waals surface area contributed by atoms with E-state index in [2.05, 4.69) is 15.4 Å². The molecule has 1 saturated heterocycles. The first kappa shape index (κ1) is 25.1. The highest BCUT2D eigenvalue weighted by molar-refractivity contribution is 14.0.